The number of carbonyl (C=O) groups is 2. The van der Waals surface area contributed by atoms with Crippen LogP contribution in [0.25, 0.3) is 5.57 Å². The number of nitrogens with two attached hydrogens (primary N) is 2. The molecule has 2 amide bonds. The largest absolute Gasteiger partial charge is 0.508 e. The summed E-state index contributed by atoms with van der Waals surface area (Å²) in [6, 6.07) is 4.76. The molecular weight excluding hydrogens is 270 g/mol. The molecule has 1 atom stereocenters. The highest BCUT2D eigenvalue weighted by atomic mass is 16.3. The van der Waals surface area contributed by atoms with Gasteiger partial charge < -0.3 is 21.9 Å². The first-order valence-electron chi connectivity index (χ1n) is 6.76. The second-order valence-electron chi connectivity index (χ2n) is 5.15. The average molecular weight is 289 g/mol. The molecule has 0 aliphatic heterocycles. The maximum absolute atomic E-state index is 11.8. The number of benzene rings is 1. The zero-order valence-electron chi connectivity index (χ0n) is 11.8. The Morgan fingerprint density at radius 3 is 2.62 bits per heavy atom. The van der Waals surface area contributed by atoms with Crippen LogP contribution in [0.1, 0.15) is 17.5 Å². The van der Waals surface area contributed by atoms with E-state index in [-0.39, 0.29) is 22.8 Å². The Bertz CT molecular complexity index is 623. The smallest absolute Gasteiger partial charge is 0.249 e. The van der Waals surface area contributed by atoms with Crippen molar-refractivity contribution in [3.63, 3.8) is 0 Å². The minimum atomic E-state index is -0.704. The third-order valence-corrected chi connectivity index (χ3v) is 3.76. The van der Waals surface area contributed by atoms with Gasteiger partial charge in [0.15, 0.2) is 0 Å². The molecule has 6 nitrogen and oxygen atoms in total. The molecule has 0 bridgehead atoms. The fraction of sp³-hybridized carbons (Fsp3) is 0.333. The summed E-state index contributed by atoms with van der Waals surface area (Å²) in [5, 5.41) is 12.6. The molecule has 1 unspecified atom stereocenters. The standard InChI is InChI=1S/C15H19N3O3/c1-18-5-4-9-6-8-2-3-10(19)7-11(8)13(15(17)21)12(9)14(16)20/h2-3,7,9,18-19H,4-6H2,1H3,(H2,16,20)(H2,17,21). The molecule has 112 valence electrons. The highest BCUT2D eigenvalue weighted by molar-refractivity contribution is 6.26. The fourth-order valence-electron chi connectivity index (χ4n) is 2.85. The predicted molar refractivity (Wildman–Crippen MR) is 79.2 cm³/mol. The second-order valence-corrected chi connectivity index (χ2v) is 5.15. The Kier molecular flexibility index (Phi) is 4.28. The van der Waals surface area contributed by atoms with Crippen LogP contribution in [0.4, 0.5) is 0 Å². The third-order valence-electron chi connectivity index (χ3n) is 3.76. The second kappa shape index (κ2) is 5.97. The van der Waals surface area contributed by atoms with Gasteiger partial charge in [0.1, 0.15) is 5.75 Å². The van der Waals surface area contributed by atoms with E-state index in [1.165, 1.54) is 6.07 Å². The van der Waals surface area contributed by atoms with Crippen LogP contribution in [0, 0.1) is 5.92 Å². The van der Waals surface area contributed by atoms with Crippen molar-refractivity contribution in [2.45, 2.75) is 12.8 Å². The molecule has 1 aliphatic rings. The summed E-state index contributed by atoms with van der Waals surface area (Å²) in [4.78, 5) is 23.6. The number of phenolic OH excluding ortho intramolecular Hbond substituents is 1. The van der Waals surface area contributed by atoms with Gasteiger partial charge in [0.05, 0.1) is 5.57 Å². The molecule has 1 aliphatic carbocycles. The number of phenols is 1. The zero-order chi connectivity index (χ0) is 15.6. The molecule has 0 saturated carbocycles. The van der Waals surface area contributed by atoms with Crippen LogP contribution in [0.15, 0.2) is 23.8 Å². The highest BCUT2D eigenvalue weighted by Gasteiger charge is 2.32. The van der Waals surface area contributed by atoms with Crippen molar-refractivity contribution < 1.29 is 14.7 Å². The maximum Gasteiger partial charge on any atom is 0.249 e. The lowest BCUT2D eigenvalue weighted by Crippen LogP contribution is -2.32. The van der Waals surface area contributed by atoms with E-state index >= 15 is 0 Å². The number of hydrogen-bond donors (Lipinski definition) is 4. The van der Waals surface area contributed by atoms with Crippen molar-refractivity contribution >= 4 is 17.4 Å². The lowest BCUT2D eigenvalue weighted by Gasteiger charge is -2.28. The molecule has 0 heterocycles. The molecule has 0 aromatic heterocycles. The Morgan fingerprint density at radius 2 is 2.05 bits per heavy atom. The topological polar surface area (TPSA) is 118 Å². The van der Waals surface area contributed by atoms with E-state index in [1.807, 2.05) is 7.05 Å². The molecule has 6 heteroatoms. The van der Waals surface area contributed by atoms with Gasteiger partial charge in [-0.15, -0.1) is 0 Å². The van der Waals surface area contributed by atoms with Crippen LogP contribution in [-0.2, 0) is 16.0 Å². The Balaban J connectivity index is 2.62. The summed E-state index contributed by atoms with van der Waals surface area (Å²) >= 11 is 0. The summed E-state index contributed by atoms with van der Waals surface area (Å²) < 4.78 is 0. The molecule has 6 N–H and O–H groups in total. The Morgan fingerprint density at radius 1 is 1.33 bits per heavy atom. The van der Waals surface area contributed by atoms with Crippen molar-refractivity contribution in [1.82, 2.24) is 5.32 Å². The van der Waals surface area contributed by atoms with E-state index in [9.17, 15) is 14.7 Å². The van der Waals surface area contributed by atoms with Gasteiger partial charge in [0.2, 0.25) is 11.8 Å². The molecule has 2 rings (SSSR count). The summed E-state index contributed by atoms with van der Waals surface area (Å²) in [5.41, 5.74) is 12.7. The van der Waals surface area contributed by atoms with Crippen molar-refractivity contribution in [2.24, 2.45) is 17.4 Å². The first-order valence-corrected chi connectivity index (χ1v) is 6.76. The highest BCUT2D eigenvalue weighted by Crippen LogP contribution is 2.37. The third kappa shape index (κ3) is 2.90. The van der Waals surface area contributed by atoms with Crippen LogP contribution in [0.2, 0.25) is 0 Å². The fourth-order valence-corrected chi connectivity index (χ4v) is 2.85. The number of fused-ring (bicyclic) bond motifs is 1. The van der Waals surface area contributed by atoms with Crippen molar-refractivity contribution in [2.75, 3.05) is 13.6 Å². The van der Waals surface area contributed by atoms with E-state index in [4.69, 9.17) is 11.5 Å². The average Bonchev–Trinajstić information content (AvgIpc) is 2.43. The van der Waals surface area contributed by atoms with Gasteiger partial charge in [-0.25, -0.2) is 0 Å². The summed E-state index contributed by atoms with van der Waals surface area (Å²) in [6.07, 6.45) is 1.26. The van der Waals surface area contributed by atoms with Crippen LogP contribution >= 0.6 is 0 Å². The Labute approximate surface area is 122 Å². The first kappa shape index (κ1) is 15.1. The number of primary amides is 2. The van der Waals surface area contributed by atoms with Gasteiger partial charge in [-0.1, -0.05) is 6.07 Å². The van der Waals surface area contributed by atoms with E-state index in [1.54, 1.807) is 12.1 Å². The van der Waals surface area contributed by atoms with E-state index in [0.717, 1.165) is 5.56 Å². The monoisotopic (exact) mass is 289 g/mol. The van der Waals surface area contributed by atoms with Crippen LogP contribution in [0.5, 0.6) is 5.75 Å². The van der Waals surface area contributed by atoms with Crippen molar-refractivity contribution in [1.29, 1.82) is 0 Å². The van der Waals surface area contributed by atoms with E-state index in [2.05, 4.69) is 5.32 Å². The SMILES string of the molecule is CNCCC1Cc2ccc(O)cc2C(C(N)=O)=C1C(N)=O. The van der Waals surface area contributed by atoms with Crippen LogP contribution in [0.3, 0.4) is 0 Å². The van der Waals surface area contributed by atoms with Gasteiger partial charge in [0, 0.05) is 5.57 Å². The quantitative estimate of drug-likeness (QED) is 0.605. The van der Waals surface area contributed by atoms with Crippen molar-refractivity contribution in [3.8, 4) is 5.75 Å². The molecular formula is C15H19N3O3. The van der Waals surface area contributed by atoms with Crippen LogP contribution in [-0.4, -0.2) is 30.5 Å². The molecule has 0 radical (unpaired) electrons. The number of aromatic hydroxyl groups is 1. The van der Waals surface area contributed by atoms with Gasteiger partial charge in [-0.3, -0.25) is 9.59 Å². The number of nitrogens with one attached hydrogen (secondary N) is 1. The molecule has 1 aromatic rings. The first-order chi connectivity index (χ1) is 9.95. The normalized spacial score (nSPS) is 17.5. The summed E-state index contributed by atoms with van der Waals surface area (Å²) in [7, 11) is 1.82. The van der Waals surface area contributed by atoms with Gasteiger partial charge in [-0.2, -0.15) is 0 Å². The molecule has 0 fully saturated rings. The molecule has 1 aromatic carbocycles. The molecule has 0 spiro atoms. The summed E-state index contributed by atoms with van der Waals surface area (Å²) in [5.74, 6) is -1.48. The maximum atomic E-state index is 11.8. The number of rotatable bonds is 5. The van der Waals surface area contributed by atoms with Crippen LogP contribution < -0.4 is 16.8 Å². The predicted octanol–water partition coefficient (Wildman–Crippen LogP) is -0.102. The zero-order valence-corrected chi connectivity index (χ0v) is 11.8. The number of carbonyl (C=O) groups excluding carboxylic acids is 2. The lowest BCUT2D eigenvalue weighted by atomic mass is 9.76. The molecule has 21 heavy (non-hydrogen) atoms. The minimum absolute atomic E-state index is 0.0185. The number of hydrogen-bond acceptors (Lipinski definition) is 4. The lowest BCUT2D eigenvalue weighted by molar-refractivity contribution is -0.116. The van der Waals surface area contributed by atoms with E-state index < -0.39 is 11.8 Å². The van der Waals surface area contributed by atoms with Crippen molar-refractivity contribution in [3.05, 3.63) is 34.9 Å². The summed E-state index contributed by atoms with van der Waals surface area (Å²) in [6.45, 7) is 0.695. The minimum Gasteiger partial charge on any atom is -0.508 e. The number of amides is 2. The molecule has 0 saturated heterocycles. The van der Waals surface area contributed by atoms with Gasteiger partial charge >= 0.3 is 0 Å². The van der Waals surface area contributed by atoms with Gasteiger partial charge in [0.25, 0.3) is 0 Å². The Hall–Kier alpha value is -2.34. The van der Waals surface area contributed by atoms with E-state index in [0.29, 0.717) is 24.9 Å². The van der Waals surface area contributed by atoms with Gasteiger partial charge in [-0.05, 0) is 55.6 Å².